The number of rotatable bonds is 6. The minimum Gasteiger partial charge on any atom is -0.329 e. The van der Waals surface area contributed by atoms with Crippen LogP contribution in [0.4, 0.5) is 5.00 Å². The SMILES string of the molecule is Cc1cc(NC2=NC=CN3C2=NCC3C2C=NN(C)C2)sc1S(=O)(=O)NCC1CC1. The van der Waals surface area contributed by atoms with Gasteiger partial charge in [-0.1, -0.05) is 0 Å². The number of anilines is 1. The van der Waals surface area contributed by atoms with Crippen molar-refractivity contribution in [2.45, 2.75) is 30.0 Å². The zero-order valence-corrected chi connectivity index (χ0v) is 18.6. The van der Waals surface area contributed by atoms with Crippen LogP contribution in [0, 0.1) is 18.8 Å². The molecule has 1 fully saturated rings. The topological polar surface area (TPSA) is 102 Å². The summed E-state index contributed by atoms with van der Waals surface area (Å²) in [5, 5.41) is 10.3. The molecular weight excluding hydrogens is 422 g/mol. The van der Waals surface area contributed by atoms with E-state index in [-0.39, 0.29) is 6.04 Å². The van der Waals surface area contributed by atoms with Crippen LogP contribution < -0.4 is 10.0 Å². The van der Waals surface area contributed by atoms with Crippen LogP contribution in [0.5, 0.6) is 0 Å². The van der Waals surface area contributed by atoms with Crippen molar-refractivity contribution in [3.05, 3.63) is 24.0 Å². The first-order chi connectivity index (χ1) is 14.4. The quantitative estimate of drug-likeness (QED) is 0.691. The number of hydrogen-bond acceptors (Lipinski definition) is 9. The Bertz CT molecular complexity index is 1070. The van der Waals surface area contributed by atoms with Crippen molar-refractivity contribution in [1.29, 1.82) is 0 Å². The van der Waals surface area contributed by atoms with Crippen molar-refractivity contribution in [3.63, 3.8) is 0 Å². The highest BCUT2D eigenvalue weighted by Crippen LogP contribution is 2.33. The summed E-state index contributed by atoms with van der Waals surface area (Å²) in [5.41, 5.74) is 0.728. The van der Waals surface area contributed by atoms with Gasteiger partial charge in [0.1, 0.15) is 4.21 Å². The predicted octanol–water partition coefficient (Wildman–Crippen LogP) is 1.67. The molecule has 4 heterocycles. The van der Waals surface area contributed by atoms with Gasteiger partial charge in [0.05, 0.1) is 17.6 Å². The van der Waals surface area contributed by atoms with Crippen molar-refractivity contribution < 1.29 is 8.42 Å². The summed E-state index contributed by atoms with van der Waals surface area (Å²) in [4.78, 5) is 11.3. The monoisotopic (exact) mass is 447 g/mol. The number of hydrazone groups is 1. The molecule has 0 radical (unpaired) electrons. The van der Waals surface area contributed by atoms with Gasteiger partial charge in [-0.2, -0.15) is 5.10 Å². The zero-order valence-electron chi connectivity index (χ0n) is 16.9. The normalized spacial score (nSPS) is 25.5. The van der Waals surface area contributed by atoms with E-state index >= 15 is 0 Å². The van der Waals surface area contributed by atoms with E-state index in [1.807, 2.05) is 37.5 Å². The van der Waals surface area contributed by atoms with Gasteiger partial charge in [0, 0.05) is 44.7 Å². The maximum atomic E-state index is 12.7. The van der Waals surface area contributed by atoms with Gasteiger partial charge in [-0.25, -0.2) is 18.1 Å². The number of amidine groups is 2. The number of nitrogens with one attached hydrogen (secondary N) is 2. The number of nitrogens with zero attached hydrogens (tertiary/aromatic N) is 5. The summed E-state index contributed by atoms with van der Waals surface area (Å²) >= 11 is 1.22. The van der Waals surface area contributed by atoms with Gasteiger partial charge in [0.2, 0.25) is 10.0 Å². The third kappa shape index (κ3) is 3.77. The van der Waals surface area contributed by atoms with E-state index in [4.69, 9.17) is 4.99 Å². The molecule has 2 unspecified atom stereocenters. The fourth-order valence-corrected chi connectivity index (χ4v) is 6.65. The molecule has 1 aromatic rings. The van der Waals surface area contributed by atoms with Crippen LogP contribution in [0.1, 0.15) is 18.4 Å². The van der Waals surface area contributed by atoms with E-state index in [2.05, 4.69) is 25.0 Å². The van der Waals surface area contributed by atoms with E-state index in [9.17, 15) is 8.42 Å². The molecule has 0 aromatic carbocycles. The van der Waals surface area contributed by atoms with Crippen molar-refractivity contribution >= 4 is 44.2 Å². The Morgan fingerprint density at radius 2 is 2.17 bits per heavy atom. The smallest absolute Gasteiger partial charge is 0.250 e. The van der Waals surface area contributed by atoms with E-state index in [0.29, 0.717) is 35.0 Å². The second-order valence-electron chi connectivity index (χ2n) is 8.18. The third-order valence-electron chi connectivity index (χ3n) is 5.71. The first-order valence-electron chi connectivity index (χ1n) is 10.1. The van der Waals surface area contributed by atoms with Crippen molar-refractivity contribution in [3.8, 4) is 0 Å². The number of thiophene rings is 1. The predicted molar refractivity (Wildman–Crippen MR) is 120 cm³/mol. The van der Waals surface area contributed by atoms with Gasteiger partial charge in [0.25, 0.3) is 0 Å². The molecule has 30 heavy (non-hydrogen) atoms. The first kappa shape index (κ1) is 19.7. The molecule has 0 spiro atoms. The largest absolute Gasteiger partial charge is 0.329 e. The summed E-state index contributed by atoms with van der Waals surface area (Å²) in [6.07, 6.45) is 7.91. The first-order valence-corrected chi connectivity index (χ1v) is 12.4. The molecule has 2 N–H and O–H groups in total. The molecule has 0 bridgehead atoms. The van der Waals surface area contributed by atoms with Gasteiger partial charge in [-0.05, 0) is 37.3 Å². The van der Waals surface area contributed by atoms with Crippen molar-refractivity contribution in [2.75, 3.05) is 32.0 Å². The van der Waals surface area contributed by atoms with Gasteiger partial charge in [-0.15, -0.1) is 11.3 Å². The molecule has 3 aliphatic heterocycles. The second-order valence-corrected chi connectivity index (χ2v) is 11.2. The van der Waals surface area contributed by atoms with Gasteiger partial charge in [0.15, 0.2) is 11.7 Å². The molecule has 2 atom stereocenters. The molecule has 11 heteroatoms. The molecule has 9 nitrogen and oxygen atoms in total. The Morgan fingerprint density at radius 3 is 2.90 bits per heavy atom. The van der Waals surface area contributed by atoms with Crippen LogP contribution >= 0.6 is 11.3 Å². The highest BCUT2D eigenvalue weighted by atomic mass is 32.2. The van der Waals surface area contributed by atoms with Crippen molar-refractivity contribution in [2.24, 2.45) is 26.9 Å². The van der Waals surface area contributed by atoms with Crippen LogP contribution in [-0.4, -0.2) is 68.9 Å². The number of fused-ring (bicyclic) bond motifs is 1. The minimum absolute atomic E-state index is 0.213. The highest BCUT2D eigenvalue weighted by molar-refractivity contribution is 7.91. The summed E-state index contributed by atoms with van der Waals surface area (Å²) in [5.74, 6) is 2.22. The average molecular weight is 448 g/mol. The van der Waals surface area contributed by atoms with E-state index in [0.717, 1.165) is 35.8 Å². The molecule has 4 aliphatic rings. The molecule has 1 aliphatic carbocycles. The minimum atomic E-state index is -3.49. The lowest BCUT2D eigenvalue weighted by Gasteiger charge is -2.29. The third-order valence-corrected chi connectivity index (χ3v) is 8.93. The van der Waals surface area contributed by atoms with Crippen LogP contribution in [0.3, 0.4) is 0 Å². The Morgan fingerprint density at radius 1 is 1.33 bits per heavy atom. The van der Waals surface area contributed by atoms with Gasteiger partial charge >= 0.3 is 0 Å². The number of sulfonamides is 1. The van der Waals surface area contributed by atoms with Gasteiger partial charge in [-0.3, -0.25) is 10.0 Å². The Labute approximate surface area is 180 Å². The highest BCUT2D eigenvalue weighted by Gasteiger charge is 2.37. The molecule has 0 amide bonds. The number of aliphatic imine (C=N–C) groups is 2. The average Bonchev–Trinajstić information content (AvgIpc) is 3.07. The van der Waals surface area contributed by atoms with Crippen LogP contribution in [0.2, 0.25) is 0 Å². The second kappa shape index (κ2) is 7.47. The maximum absolute atomic E-state index is 12.7. The number of aryl methyl sites for hydroxylation is 1. The lowest BCUT2D eigenvalue weighted by atomic mass is 10.0. The number of hydrogen-bond donors (Lipinski definition) is 2. The lowest BCUT2D eigenvalue weighted by molar-refractivity contribution is 0.299. The van der Waals surface area contributed by atoms with Crippen molar-refractivity contribution in [1.82, 2.24) is 14.6 Å². The van der Waals surface area contributed by atoms with Crippen LogP contribution in [-0.2, 0) is 10.0 Å². The van der Waals surface area contributed by atoms with E-state index in [1.165, 1.54) is 11.3 Å². The molecule has 160 valence electrons. The van der Waals surface area contributed by atoms with E-state index in [1.54, 1.807) is 6.20 Å². The summed E-state index contributed by atoms with van der Waals surface area (Å²) < 4.78 is 28.4. The summed E-state index contributed by atoms with van der Waals surface area (Å²) in [7, 11) is -1.52. The van der Waals surface area contributed by atoms with E-state index < -0.39 is 10.0 Å². The van der Waals surface area contributed by atoms with Crippen LogP contribution in [0.25, 0.3) is 0 Å². The fourth-order valence-electron chi connectivity index (χ4n) is 3.90. The molecular formula is C19H25N7O2S2. The standard InChI is InChI=1S/C19H25N7O2S2/c1-12-7-16(29-19(12)30(27,28)23-8-13-3-4-13)24-17-18-21-10-15(26(18)6-5-20-17)14-9-22-25(2)11-14/h5-7,9,13-15,23H,3-4,8,10-11H2,1-2H3,(H,20,24). The molecule has 0 saturated heterocycles. The zero-order chi connectivity index (χ0) is 20.9. The Hall–Kier alpha value is -2.24. The maximum Gasteiger partial charge on any atom is 0.250 e. The Balaban J connectivity index is 1.30. The molecule has 5 rings (SSSR count). The summed E-state index contributed by atoms with van der Waals surface area (Å²) in [6.45, 7) is 3.89. The molecule has 1 aromatic heterocycles. The van der Waals surface area contributed by atoms with Crippen LogP contribution in [0.15, 0.2) is 37.8 Å². The Kier molecular flexibility index (Phi) is 4.91. The molecule has 1 saturated carbocycles. The lowest BCUT2D eigenvalue weighted by Crippen LogP contribution is -2.44. The summed E-state index contributed by atoms with van der Waals surface area (Å²) in [6, 6.07) is 2.07. The van der Waals surface area contributed by atoms with Gasteiger partial charge < -0.3 is 10.2 Å². The fraction of sp³-hybridized carbons (Fsp3) is 0.526.